The van der Waals surface area contributed by atoms with Gasteiger partial charge in [0.15, 0.2) is 18.5 Å². The molecule has 1 aromatic rings. The molecule has 1 aromatic carbocycles. The van der Waals surface area contributed by atoms with Crippen LogP contribution in [0.1, 0.15) is 24.8 Å². The van der Waals surface area contributed by atoms with E-state index < -0.39 is 0 Å². The van der Waals surface area contributed by atoms with Crippen molar-refractivity contribution in [3.63, 3.8) is 0 Å². The fourth-order valence-corrected chi connectivity index (χ4v) is 1.80. The zero-order chi connectivity index (χ0) is 13.3. The highest BCUT2D eigenvalue weighted by molar-refractivity contribution is 5.50. The molecule has 0 bridgehead atoms. The molecule has 0 aromatic heterocycles. The van der Waals surface area contributed by atoms with E-state index in [2.05, 4.69) is 0 Å². The average molecular weight is 260 g/mol. The van der Waals surface area contributed by atoms with Gasteiger partial charge in [-0.2, -0.15) is 0 Å². The summed E-state index contributed by atoms with van der Waals surface area (Å²) < 4.78 is 16.0. The molecular weight excluding hydrogens is 244 g/mol. The van der Waals surface area contributed by atoms with Gasteiger partial charge in [0, 0.05) is 6.42 Å². The van der Waals surface area contributed by atoms with E-state index in [4.69, 9.17) is 14.2 Å². The highest BCUT2D eigenvalue weighted by Gasteiger charge is 2.14. The van der Waals surface area contributed by atoms with E-state index in [0.717, 1.165) is 43.4 Å². The van der Waals surface area contributed by atoms with Crippen molar-refractivity contribution < 1.29 is 19.0 Å². The summed E-state index contributed by atoms with van der Waals surface area (Å²) in [6.07, 6.45) is 7.18. The second kappa shape index (κ2) is 7.41. The summed E-state index contributed by atoms with van der Waals surface area (Å²) in [5, 5.41) is 0. The van der Waals surface area contributed by atoms with Crippen LogP contribution in [0.25, 0.3) is 6.08 Å². The molecule has 1 aliphatic rings. The third-order valence-electron chi connectivity index (χ3n) is 2.74. The molecular formula is C15H16O4. The minimum absolute atomic E-state index is 0.129. The molecule has 0 N–H and O–H groups in total. The number of hydrogen-bond acceptors (Lipinski definition) is 4. The fraction of sp³-hybridized carbons (Fsp3) is 0.333. The van der Waals surface area contributed by atoms with Gasteiger partial charge in [-0.1, -0.05) is 12.1 Å². The van der Waals surface area contributed by atoms with Crippen LogP contribution >= 0.6 is 0 Å². The third-order valence-corrected chi connectivity index (χ3v) is 2.74. The molecule has 1 heterocycles. The molecule has 1 saturated heterocycles. The second-order valence-corrected chi connectivity index (χ2v) is 4.16. The number of rotatable bonds is 5. The summed E-state index contributed by atoms with van der Waals surface area (Å²) in [6, 6.07) is 7.58. The Hall–Kier alpha value is -2.03. The lowest BCUT2D eigenvalue weighted by atomic mass is 10.2. The number of carbonyl (C=O) groups excluding carboxylic acids is 1. The van der Waals surface area contributed by atoms with Crippen LogP contribution in [0.15, 0.2) is 36.8 Å². The first-order chi connectivity index (χ1) is 9.38. The molecule has 1 atom stereocenters. The van der Waals surface area contributed by atoms with E-state index in [1.54, 1.807) is 6.08 Å². The van der Waals surface area contributed by atoms with Gasteiger partial charge in [0.25, 0.3) is 0 Å². The average Bonchev–Trinajstić information content (AvgIpc) is 2.46. The quantitative estimate of drug-likeness (QED) is 0.603. The monoisotopic (exact) mass is 260 g/mol. The van der Waals surface area contributed by atoms with E-state index >= 15 is 0 Å². The Bertz CT molecular complexity index is 452. The van der Waals surface area contributed by atoms with E-state index in [1.165, 1.54) is 12.2 Å². The smallest absolute Gasteiger partial charge is 0.199 e. The van der Waals surface area contributed by atoms with Gasteiger partial charge in [-0.15, -0.1) is 0 Å². The molecule has 4 nitrogen and oxygen atoms in total. The number of benzene rings is 1. The molecule has 0 aliphatic carbocycles. The van der Waals surface area contributed by atoms with Crippen molar-refractivity contribution in [1.29, 1.82) is 0 Å². The van der Waals surface area contributed by atoms with E-state index in [0.29, 0.717) is 0 Å². The molecule has 1 fully saturated rings. The Morgan fingerprint density at radius 2 is 2.11 bits per heavy atom. The van der Waals surface area contributed by atoms with Crippen LogP contribution in [-0.4, -0.2) is 18.8 Å². The molecule has 100 valence electrons. The van der Waals surface area contributed by atoms with Crippen molar-refractivity contribution in [3.05, 3.63) is 42.4 Å². The highest BCUT2D eigenvalue weighted by Crippen LogP contribution is 2.19. The number of ether oxygens (including phenoxy) is 3. The van der Waals surface area contributed by atoms with Gasteiger partial charge in [0.05, 0.1) is 12.9 Å². The van der Waals surface area contributed by atoms with Gasteiger partial charge in [-0.05, 0) is 36.6 Å². The molecule has 2 rings (SSSR count). The van der Waals surface area contributed by atoms with Crippen LogP contribution in [0.3, 0.4) is 0 Å². The van der Waals surface area contributed by atoms with Crippen molar-refractivity contribution in [2.45, 2.75) is 25.6 Å². The topological polar surface area (TPSA) is 44.8 Å². The first-order valence-corrected chi connectivity index (χ1v) is 6.28. The van der Waals surface area contributed by atoms with Gasteiger partial charge < -0.3 is 14.2 Å². The first kappa shape index (κ1) is 13.4. The summed E-state index contributed by atoms with van der Waals surface area (Å²) >= 11 is 0. The maximum Gasteiger partial charge on any atom is 0.199 e. The maximum absolute atomic E-state index is 9.88. The fourth-order valence-electron chi connectivity index (χ4n) is 1.80. The Morgan fingerprint density at radius 3 is 2.79 bits per heavy atom. The van der Waals surface area contributed by atoms with Crippen LogP contribution in [-0.2, 0) is 14.3 Å². The van der Waals surface area contributed by atoms with Crippen LogP contribution < -0.4 is 4.74 Å². The standard InChI is InChI=1S/C15H16O4/c16-9-12-17-11-8-13-4-6-14(7-5-13)19-15-3-1-2-10-18-15/h4-8,11-12,15H,1-3,10H2. The van der Waals surface area contributed by atoms with Gasteiger partial charge in [0.1, 0.15) is 5.75 Å². The van der Waals surface area contributed by atoms with Crippen molar-refractivity contribution in [2.75, 3.05) is 6.61 Å². The number of hydrogen-bond donors (Lipinski definition) is 0. The molecule has 0 radical (unpaired) electrons. The van der Waals surface area contributed by atoms with E-state index in [-0.39, 0.29) is 6.29 Å². The minimum atomic E-state index is -0.129. The first-order valence-electron chi connectivity index (χ1n) is 6.28. The summed E-state index contributed by atoms with van der Waals surface area (Å²) in [5.74, 6) is 2.32. The van der Waals surface area contributed by atoms with Crippen LogP contribution in [0.5, 0.6) is 5.75 Å². The van der Waals surface area contributed by atoms with Crippen LogP contribution in [0.4, 0.5) is 0 Å². The Kier molecular flexibility index (Phi) is 5.23. The Morgan fingerprint density at radius 1 is 1.26 bits per heavy atom. The SMILES string of the molecule is O=C=COC=Cc1ccc(OC2CCCCO2)cc1. The van der Waals surface area contributed by atoms with Gasteiger partial charge in [-0.25, -0.2) is 4.79 Å². The van der Waals surface area contributed by atoms with Crippen molar-refractivity contribution >= 4 is 12.0 Å². The maximum atomic E-state index is 9.88. The van der Waals surface area contributed by atoms with Crippen molar-refractivity contribution in [3.8, 4) is 5.75 Å². The lowest BCUT2D eigenvalue weighted by Crippen LogP contribution is -2.24. The molecule has 4 heteroatoms. The lowest BCUT2D eigenvalue weighted by Gasteiger charge is -2.23. The van der Waals surface area contributed by atoms with Gasteiger partial charge in [0.2, 0.25) is 0 Å². The molecule has 0 spiro atoms. The normalized spacial score (nSPS) is 18.8. The predicted octanol–water partition coefficient (Wildman–Crippen LogP) is 2.92. The predicted molar refractivity (Wildman–Crippen MR) is 71.0 cm³/mol. The van der Waals surface area contributed by atoms with Crippen LogP contribution in [0.2, 0.25) is 0 Å². The summed E-state index contributed by atoms with van der Waals surface area (Å²) in [6.45, 7) is 0.771. The Balaban J connectivity index is 1.86. The summed E-state index contributed by atoms with van der Waals surface area (Å²) in [5.41, 5.74) is 0.955. The highest BCUT2D eigenvalue weighted by atomic mass is 16.7. The largest absolute Gasteiger partial charge is 0.465 e. The zero-order valence-corrected chi connectivity index (χ0v) is 10.6. The zero-order valence-electron chi connectivity index (χ0n) is 10.6. The summed E-state index contributed by atoms with van der Waals surface area (Å²) in [4.78, 5) is 9.88. The van der Waals surface area contributed by atoms with Gasteiger partial charge in [-0.3, -0.25) is 0 Å². The third kappa shape index (κ3) is 4.62. The van der Waals surface area contributed by atoms with E-state index in [1.807, 2.05) is 24.3 Å². The molecule has 1 aliphatic heterocycles. The molecule has 19 heavy (non-hydrogen) atoms. The van der Waals surface area contributed by atoms with Crippen molar-refractivity contribution in [2.24, 2.45) is 0 Å². The summed E-state index contributed by atoms with van der Waals surface area (Å²) in [7, 11) is 0. The molecule has 0 saturated carbocycles. The van der Waals surface area contributed by atoms with E-state index in [9.17, 15) is 4.79 Å². The Labute approximate surface area is 112 Å². The lowest BCUT2D eigenvalue weighted by molar-refractivity contribution is -0.105. The van der Waals surface area contributed by atoms with Crippen molar-refractivity contribution in [1.82, 2.24) is 0 Å². The minimum Gasteiger partial charge on any atom is -0.465 e. The molecule has 0 amide bonds. The van der Waals surface area contributed by atoms with Gasteiger partial charge >= 0.3 is 0 Å². The molecule has 1 unspecified atom stereocenters. The second-order valence-electron chi connectivity index (χ2n) is 4.16. The van der Waals surface area contributed by atoms with Crippen LogP contribution in [0, 0.1) is 0 Å².